The first-order valence-corrected chi connectivity index (χ1v) is 14.3. The second-order valence-corrected chi connectivity index (χ2v) is 10.8. The van der Waals surface area contributed by atoms with Crippen LogP contribution in [0, 0.1) is 0 Å². The summed E-state index contributed by atoms with van der Waals surface area (Å²) < 4.78 is 20.7. The van der Waals surface area contributed by atoms with Crippen LogP contribution >= 0.6 is 11.3 Å². The minimum Gasteiger partial charge on any atom is -0.493 e. The topological polar surface area (TPSA) is 84.1 Å². The summed E-state index contributed by atoms with van der Waals surface area (Å²) in [4.78, 5) is 33.3. The molecule has 0 bridgehead atoms. The van der Waals surface area contributed by atoms with E-state index in [0.29, 0.717) is 32.1 Å². The Morgan fingerprint density at radius 1 is 1.00 bits per heavy atom. The standard InChI is InChI=1S/C33H29N3O5S/c1-5-41-32(38)28-29(20-11-7-6-8-12-20)34-33-36(30(28)21-15-16-25(39-3)26(17-21)40-4)31(37)27(42-33)18-22-19-35(2)24-14-10-9-13-23(22)24/h6-19,30H,5H2,1-4H3/b27-18+/t30-/m0/s1. The van der Waals surface area contributed by atoms with Crippen LogP contribution in [0.5, 0.6) is 11.5 Å². The average Bonchev–Trinajstić information content (AvgIpc) is 3.51. The molecule has 0 amide bonds. The number of carbonyl (C=O) groups is 1. The van der Waals surface area contributed by atoms with Crippen LogP contribution in [0.1, 0.15) is 29.7 Å². The third kappa shape index (κ3) is 4.61. The maximum Gasteiger partial charge on any atom is 0.338 e. The van der Waals surface area contributed by atoms with E-state index < -0.39 is 12.0 Å². The number of fused-ring (bicyclic) bond motifs is 2. The van der Waals surface area contributed by atoms with Crippen LogP contribution in [0.2, 0.25) is 0 Å². The van der Waals surface area contributed by atoms with Gasteiger partial charge in [-0.05, 0) is 36.8 Å². The highest BCUT2D eigenvalue weighted by Gasteiger charge is 2.35. The fraction of sp³-hybridized carbons (Fsp3) is 0.182. The number of methoxy groups -OCH3 is 2. The molecule has 0 radical (unpaired) electrons. The minimum absolute atomic E-state index is 0.175. The molecule has 6 rings (SSSR count). The molecule has 0 fully saturated rings. The molecule has 3 aromatic carbocycles. The molecule has 1 aliphatic heterocycles. The van der Waals surface area contributed by atoms with Crippen molar-refractivity contribution in [2.45, 2.75) is 13.0 Å². The fourth-order valence-corrected chi connectivity index (χ4v) is 6.40. The summed E-state index contributed by atoms with van der Waals surface area (Å²) in [5.41, 5.74) is 3.89. The van der Waals surface area contributed by atoms with Crippen LogP contribution in [0.4, 0.5) is 0 Å². The van der Waals surface area contributed by atoms with Gasteiger partial charge in [-0.3, -0.25) is 9.36 Å². The third-order valence-corrected chi connectivity index (χ3v) is 8.29. The molecule has 0 spiro atoms. The molecule has 8 nitrogen and oxygen atoms in total. The van der Waals surface area contributed by atoms with Gasteiger partial charge in [0.2, 0.25) is 0 Å². The first kappa shape index (κ1) is 27.3. The smallest absolute Gasteiger partial charge is 0.338 e. The molecule has 0 N–H and O–H groups in total. The lowest BCUT2D eigenvalue weighted by Gasteiger charge is -2.26. The van der Waals surface area contributed by atoms with Gasteiger partial charge in [-0.1, -0.05) is 65.9 Å². The monoisotopic (exact) mass is 579 g/mol. The molecule has 0 saturated carbocycles. The SMILES string of the molecule is CCOC(=O)C1=C(c2ccccc2)N=c2s/c(=C/c3cn(C)c4ccccc34)c(=O)n2[C@H]1c1ccc(OC)c(OC)c1. The van der Waals surface area contributed by atoms with Gasteiger partial charge in [-0.15, -0.1) is 0 Å². The molecule has 0 aliphatic carbocycles. The molecule has 212 valence electrons. The van der Waals surface area contributed by atoms with Gasteiger partial charge in [0, 0.05) is 35.3 Å². The maximum atomic E-state index is 14.2. The summed E-state index contributed by atoms with van der Waals surface area (Å²) in [6.07, 6.45) is 3.90. The molecule has 3 heterocycles. The summed E-state index contributed by atoms with van der Waals surface area (Å²) >= 11 is 1.29. The van der Waals surface area contributed by atoms with Crippen molar-refractivity contribution in [1.82, 2.24) is 9.13 Å². The average molecular weight is 580 g/mol. The molecule has 1 atom stereocenters. The highest BCUT2D eigenvalue weighted by molar-refractivity contribution is 7.07. The summed E-state index contributed by atoms with van der Waals surface area (Å²) in [7, 11) is 5.09. The van der Waals surface area contributed by atoms with Gasteiger partial charge >= 0.3 is 5.97 Å². The zero-order valence-electron chi connectivity index (χ0n) is 23.7. The number of aromatic nitrogens is 2. The molecule has 2 aromatic heterocycles. The van der Waals surface area contributed by atoms with Crippen molar-refractivity contribution in [3.8, 4) is 11.5 Å². The Morgan fingerprint density at radius 3 is 2.48 bits per heavy atom. The van der Waals surface area contributed by atoms with Crippen molar-refractivity contribution in [3.63, 3.8) is 0 Å². The van der Waals surface area contributed by atoms with Crippen LogP contribution in [0.3, 0.4) is 0 Å². The molecule has 9 heteroatoms. The summed E-state index contributed by atoms with van der Waals surface area (Å²) in [6, 6.07) is 22.1. The molecule has 42 heavy (non-hydrogen) atoms. The first-order valence-electron chi connectivity index (χ1n) is 13.5. The van der Waals surface area contributed by atoms with Gasteiger partial charge in [0.05, 0.1) is 42.7 Å². The number of hydrogen-bond acceptors (Lipinski definition) is 7. The summed E-state index contributed by atoms with van der Waals surface area (Å²) in [5, 5.41) is 1.04. The van der Waals surface area contributed by atoms with E-state index in [2.05, 4.69) is 0 Å². The highest BCUT2D eigenvalue weighted by atomic mass is 32.1. The van der Waals surface area contributed by atoms with E-state index in [1.54, 1.807) is 37.8 Å². The van der Waals surface area contributed by atoms with Crippen LogP contribution in [0.15, 0.2) is 94.4 Å². The van der Waals surface area contributed by atoms with Crippen LogP contribution in [-0.2, 0) is 16.6 Å². The molecular formula is C33H29N3O5S. The number of ether oxygens (including phenoxy) is 3. The Hall–Kier alpha value is -4.89. The quantitative estimate of drug-likeness (QED) is 0.266. The van der Waals surface area contributed by atoms with E-state index in [4.69, 9.17) is 19.2 Å². The van der Waals surface area contributed by atoms with Crippen molar-refractivity contribution >= 4 is 40.0 Å². The van der Waals surface area contributed by atoms with E-state index >= 15 is 0 Å². The number of rotatable bonds is 7. The number of esters is 1. The van der Waals surface area contributed by atoms with E-state index in [9.17, 15) is 9.59 Å². The largest absolute Gasteiger partial charge is 0.493 e. The van der Waals surface area contributed by atoms with E-state index in [1.807, 2.05) is 84.6 Å². The van der Waals surface area contributed by atoms with Gasteiger partial charge in [-0.2, -0.15) is 0 Å². The number of nitrogens with zero attached hydrogens (tertiary/aromatic N) is 3. The second-order valence-electron chi connectivity index (χ2n) is 9.76. The van der Waals surface area contributed by atoms with Crippen LogP contribution < -0.4 is 24.4 Å². The Bertz CT molecular complexity index is 2040. The van der Waals surface area contributed by atoms with Crippen LogP contribution in [0.25, 0.3) is 22.7 Å². The van der Waals surface area contributed by atoms with Crippen molar-refractivity contribution in [2.24, 2.45) is 12.0 Å². The lowest BCUT2D eigenvalue weighted by molar-refractivity contribution is -0.138. The van der Waals surface area contributed by atoms with Crippen molar-refractivity contribution in [2.75, 3.05) is 20.8 Å². The lowest BCUT2D eigenvalue weighted by atomic mass is 9.93. The lowest BCUT2D eigenvalue weighted by Crippen LogP contribution is -2.40. The van der Waals surface area contributed by atoms with Gasteiger partial charge in [0.1, 0.15) is 0 Å². The third-order valence-electron chi connectivity index (χ3n) is 7.31. The maximum absolute atomic E-state index is 14.2. The van der Waals surface area contributed by atoms with Gasteiger partial charge in [-0.25, -0.2) is 9.79 Å². The zero-order valence-corrected chi connectivity index (χ0v) is 24.5. The minimum atomic E-state index is -0.815. The molecule has 1 aliphatic rings. The Balaban J connectivity index is 1.67. The predicted molar refractivity (Wildman–Crippen MR) is 164 cm³/mol. The fourth-order valence-electron chi connectivity index (χ4n) is 5.41. The highest BCUT2D eigenvalue weighted by Crippen LogP contribution is 2.38. The van der Waals surface area contributed by atoms with Gasteiger partial charge < -0.3 is 18.8 Å². The summed E-state index contributed by atoms with van der Waals surface area (Å²) in [5.74, 6) is 0.479. The van der Waals surface area contributed by atoms with Gasteiger partial charge in [0.25, 0.3) is 5.56 Å². The van der Waals surface area contributed by atoms with Crippen LogP contribution in [-0.4, -0.2) is 35.9 Å². The van der Waals surface area contributed by atoms with Crippen molar-refractivity contribution in [1.29, 1.82) is 0 Å². The number of carbonyl (C=O) groups excluding carboxylic acids is 1. The predicted octanol–water partition coefficient (Wildman–Crippen LogP) is 4.44. The number of benzene rings is 3. The second kappa shape index (κ2) is 11.2. The normalized spacial score (nSPS) is 15.0. The molecular weight excluding hydrogens is 550 g/mol. The zero-order chi connectivity index (χ0) is 29.4. The number of aryl methyl sites for hydroxylation is 1. The van der Waals surface area contributed by atoms with E-state index in [0.717, 1.165) is 22.0 Å². The number of para-hydroxylation sites is 1. The number of hydrogen-bond donors (Lipinski definition) is 0. The first-order chi connectivity index (χ1) is 20.4. The van der Waals surface area contributed by atoms with E-state index in [-0.39, 0.29) is 17.7 Å². The van der Waals surface area contributed by atoms with Crippen molar-refractivity contribution in [3.05, 3.63) is 121 Å². The molecule has 5 aromatic rings. The van der Waals surface area contributed by atoms with Crippen molar-refractivity contribution < 1.29 is 19.0 Å². The molecule has 0 saturated heterocycles. The Kier molecular flexibility index (Phi) is 7.26. The number of thiazole rings is 1. The Morgan fingerprint density at radius 2 is 1.74 bits per heavy atom. The molecule has 0 unspecified atom stereocenters. The van der Waals surface area contributed by atoms with E-state index in [1.165, 1.54) is 11.3 Å². The van der Waals surface area contributed by atoms with Gasteiger partial charge in [0.15, 0.2) is 16.3 Å². The summed E-state index contributed by atoms with van der Waals surface area (Å²) in [6.45, 7) is 1.93. The Labute approximate surface area is 246 Å².